The topological polar surface area (TPSA) is 49.6 Å². The first kappa shape index (κ1) is 19.6. The number of hydrogen-bond acceptors (Lipinski definition) is 4. The Bertz CT molecular complexity index is 722. The first-order chi connectivity index (χ1) is 13.0. The Morgan fingerprint density at radius 2 is 2.04 bits per heavy atom. The molecule has 1 fully saturated rings. The van der Waals surface area contributed by atoms with Gasteiger partial charge >= 0.3 is 0 Å². The average Bonchev–Trinajstić information content (AvgIpc) is 3.02. The summed E-state index contributed by atoms with van der Waals surface area (Å²) in [6.45, 7) is 7.01. The van der Waals surface area contributed by atoms with Crippen molar-refractivity contribution in [2.45, 2.75) is 52.0 Å². The van der Waals surface area contributed by atoms with E-state index in [1.54, 1.807) is 0 Å². The van der Waals surface area contributed by atoms with Crippen LogP contribution in [0.1, 0.15) is 41.8 Å². The third-order valence-corrected chi connectivity index (χ3v) is 5.75. The third-order valence-electron chi connectivity index (χ3n) is 5.75. The second-order valence-corrected chi connectivity index (χ2v) is 7.64. The molecule has 0 N–H and O–H groups in total. The van der Waals surface area contributed by atoms with Gasteiger partial charge in [-0.2, -0.15) is 0 Å². The van der Waals surface area contributed by atoms with Gasteiger partial charge in [-0.05, 0) is 51.6 Å². The van der Waals surface area contributed by atoms with Gasteiger partial charge in [0.25, 0.3) is 0 Å². The zero-order valence-corrected chi connectivity index (χ0v) is 16.8. The number of amides is 1. The standard InChI is InChI=1S/C22H31N3O2/c1-17-21(18(2)27-23-17)11-12-22(26)24(3)20-10-7-14-25(16-20)15-13-19-8-5-4-6-9-19/h4-6,8-9,20H,7,10-16H2,1-3H3. The van der Waals surface area contributed by atoms with E-state index in [0.29, 0.717) is 18.9 Å². The number of rotatable bonds is 7. The van der Waals surface area contributed by atoms with Gasteiger partial charge in [0.2, 0.25) is 5.91 Å². The van der Waals surface area contributed by atoms with Crippen molar-refractivity contribution in [3.63, 3.8) is 0 Å². The Morgan fingerprint density at radius 1 is 1.26 bits per heavy atom. The van der Waals surface area contributed by atoms with Crippen molar-refractivity contribution in [3.05, 3.63) is 52.9 Å². The molecule has 1 amide bonds. The number of likely N-dealkylation sites (tertiary alicyclic amines) is 1. The molecular formula is C22H31N3O2. The second kappa shape index (κ2) is 9.18. The van der Waals surface area contributed by atoms with Crippen LogP contribution in [0.3, 0.4) is 0 Å². The number of benzene rings is 1. The summed E-state index contributed by atoms with van der Waals surface area (Å²) in [6.07, 6.45) is 4.53. The molecule has 5 heteroatoms. The van der Waals surface area contributed by atoms with Crippen molar-refractivity contribution in [1.82, 2.24) is 15.0 Å². The van der Waals surface area contributed by atoms with Crippen LogP contribution in [-0.4, -0.2) is 53.6 Å². The molecule has 0 aliphatic carbocycles. The summed E-state index contributed by atoms with van der Waals surface area (Å²) < 4.78 is 5.20. The van der Waals surface area contributed by atoms with E-state index in [4.69, 9.17) is 4.52 Å². The van der Waals surface area contributed by atoms with E-state index >= 15 is 0 Å². The minimum Gasteiger partial charge on any atom is -0.361 e. The fourth-order valence-corrected chi connectivity index (χ4v) is 3.95. The molecule has 5 nitrogen and oxygen atoms in total. The first-order valence-corrected chi connectivity index (χ1v) is 9.98. The second-order valence-electron chi connectivity index (χ2n) is 7.64. The highest BCUT2D eigenvalue weighted by atomic mass is 16.5. The molecule has 1 aliphatic rings. The number of aryl methyl sites for hydroxylation is 2. The van der Waals surface area contributed by atoms with E-state index < -0.39 is 0 Å². The normalized spacial score (nSPS) is 17.8. The van der Waals surface area contributed by atoms with Crippen molar-refractivity contribution in [1.29, 1.82) is 0 Å². The molecule has 1 saturated heterocycles. The smallest absolute Gasteiger partial charge is 0.222 e. The van der Waals surface area contributed by atoms with Gasteiger partial charge in [0.15, 0.2) is 0 Å². The SMILES string of the molecule is Cc1noc(C)c1CCC(=O)N(C)C1CCCN(CCc2ccccc2)C1. The van der Waals surface area contributed by atoms with E-state index in [0.717, 1.165) is 55.9 Å². The summed E-state index contributed by atoms with van der Waals surface area (Å²) >= 11 is 0. The van der Waals surface area contributed by atoms with E-state index in [1.165, 1.54) is 5.56 Å². The molecule has 1 atom stereocenters. The monoisotopic (exact) mass is 369 g/mol. The molecule has 1 aliphatic heterocycles. The maximum Gasteiger partial charge on any atom is 0.222 e. The van der Waals surface area contributed by atoms with Gasteiger partial charge in [-0.3, -0.25) is 4.79 Å². The van der Waals surface area contributed by atoms with E-state index in [2.05, 4.69) is 40.4 Å². The molecule has 2 aromatic rings. The number of aromatic nitrogens is 1. The quantitative estimate of drug-likeness (QED) is 0.751. The summed E-state index contributed by atoms with van der Waals surface area (Å²) in [5.74, 6) is 1.04. The van der Waals surface area contributed by atoms with Gasteiger partial charge in [0, 0.05) is 38.2 Å². The van der Waals surface area contributed by atoms with Gasteiger partial charge in [-0.1, -0.05) is 35.5 Å². The number of carbonyl (C=O) groups excluding carboxylic acids is 1. The lowest BCUT2D eigenvalue weighted by Gasteiger charge is -2.37. The minimum absolute atomic E-state index is 0.213. The Morgan fingerprint density at radius 3 is 2.74 bits per heavy atom. The molecular weight excluding hydrogens is 338 g/mol. The molecule has 146 valence electrons. The van der Waals surface area contributed by atoms with E-state index in [9.17, 15) is 4.79 Å². The van der Waals surface area contributed by atoms with Crippen LogP contribution >= 0.6 is 0 Å². The lowest BCUT2D eigenvalue weighted by Crippen LogP contribution is -2.49. The number of likely N-dealkylation sites (N-methyl/N-ethyl adjacent to an activating group) is 1. The van der Waals surface area contributed by atoms with Crippen molar-refractivity contribution >= 4 is 5.91 Å². The van der Waals surface area contributed by atoms with E-state index in [1.807, 2.05) is 25.8 Å². The van der Waals surface area contributed by atoms with Crippen LogP contribution < -0.4 is 0 Å². The van der Waals surface area contributed by atoms with E-state index in [-0.39, 0.29) is 5.91 Å². The Balaban J connectivity index is 1.48. The fourth-order valence-electron chi connectivity index (χ4n) is 3.95. The summed E-state index contributed by atoms with van der Waals surface area (Å²) in [5.41, 5.74) is 3.35. The molecule has 2 heterocycles. The lowest BCUT2D eigenvalue weighted by molar-refractivity contribution is -0.133. The lowest BCUT2D eigenvalue weighted by atomic mass is 10.0. The zero-order chi connectivity index (χ0) is 19.2. The molecule has 0 spiro atoms. The molecule has 0 saturated carbocycles. The number of carbonyl (C=O) groups is 1. The summed E-state index contributed by atoms with van der Waals surface area (Å²) in [5, 5.41) is 3.98. The van der Waals surface area contributed by atoms with Gasteiger partial charge in [-0.25, -0.2) is 0 Å². The maximum atomic E-state index is 12.7. The number of nitrogens with zero attached hydrogens (tertiary/aromatic N) is 3. The predicted molar refractivity (Wildman–Crippen MR) is 107 cm³/mol. The third kappa shape index (κ3) is 5.19. The molecule has 3 rings (SSSR count). The summed E-state index contributed by atoms with van der Waals surface area (Å²) in [7, 11) is 1.96. The Kier molecular flexibility index (Phi) is 6.67. The average molecular weight is 370 g/mol. The first-order valence-electron chi connectivity index (χ1n) is 9.98. The maximum absolute atomic E-state index is 12.7. The fraction of sp³-hybridized carbons (Fsp3) is 0.545. The Labute approximate surface area is 162 Å². The van der Waals surface area contributed by atoms with Crippen LogP contribution in [0.5, 0.6) is 0 Å². The Hall–Kier alpha value is -2.14. The van der Waals surface area contributed by atoms with Crippen molar-refractivity contribution in [3.8, 4) is 0 Å². The van der Waals surface area contributed by atoms with Crippen LogP contribution in [0.15, 0.2) is 34.9 Å². The molecule has 1 unspecified atom stereocenters. The minimum atomic E-state index is 0.213. The molecule has 1 aromatic heterocycles. The highest BCUT2D eigenvalue weighted by Gasteiger charge is 2.26. The van der Waals surface area contributed by atoms with Crippen LogP contribution in [0.4, 0.5) is 0 Å². The number of piperidine rings is 1. The number of hydrogen-bond donors (Lipinski definition) is 0. The highest BCUT2D eigenvalue weighted by Crippen LogP contribution is 2.18. The van der Waals surface area contributed by atoms with Crippen LogP contribution in [0.25, 0.3) is 0 Å². The van der Waals surface area contributed by atoms with Crippen LogP contribution in [0.2, 0.25) is 0 Å². The van der Waals surface area contributed by atoms with Gasteiger partial charge in [0.05, 0.1) is 5.69 Å². The summed E-state index contributed by atoms with van der Waals surface area (Å²) in [6, 6.07) is 10.9. The highest BCUT2D eigenvalue weighted by molar-refractivity contribution is 5.76. The molecule has 0 bridgehead atoms. The van der Waals surface area contributed by atoms with Crippen molar-refractivity contribution in [2.24, 2.45) is 0 Å². The van der Waals surface area contributed by atoms with Gasteiger partial charge < -0.3 is 14.3 Å². The van der Waals surface area contributed by atoms with Crippen molar-refractivity contribution in [2.75, 3.05) is 26.7 Å². The van der Waals surface area contributed by atoms with Crippen molar-refractivity contribution < 1.29 is 9.32 Å². The van der Waals surface area contributed by atoms with Crippen LogP contribution in [0, 0.1) is 13.8 Å². The van der Waals surface area contributed by atoms with Gasteiger partial charge in [-0.15, -0.1) is 0 Å². The van der Waals surface area contributed by atoms with Crippen LogP contribution in [-0.2, 0) is 17.6 Å². The molecule has 27 heavy (non-hydrogen) atoms. The van der Waals surface area contributed by atoms with Gasteiger partial charge in [0.1, 0.15) is 5.76 Å². The molecule has 0 radical (unpaired) electrons. The predicted octanol–water partition coefficient (Wildman–Crippen LogP) is 3.39. The summed E-state index contributed by atoms with van der Waals surface area (Å²) in [4.78, 5) is 17.2. The largest absolute Gasteiger partial charge is 0.361 e. The zero-order valence-electron chi connectivity index (χ0n) is 16.8. The molecule has 1 aromatic carbocycles.